The Kier molecular flexibility index (Phi) is 11.5. The highest BCUT2D eigenvalue weighted by Crippen LogP contribution is 2.04. The molecule has 0 bridgehead atoms. The molecule has 0 spiro atoms. The Bertz CT molecular complexity index is 398. The van der Waals surface area contributed by atoms with Crippen LogP contribution in [0.4, 0.5) is 0 Å². The van der Waals surface area contributed by atoms with Gasteiger partial charge in [-0.05, 0) is 43.6 Å². The lowest BCUT2D eigenvalue weighted by molar-refractivity contribution is 0.280. The van der Waals surface area contributed by atoms with Crippen LogP contribution in [0.25, 0.3) is 0 Å². The SMILES string of the molecule is C=CCCCCC/C=C/[C@H](O)C#CC#C[C@H](O)C=C. The third kappa shape index (κ3) is 12.5. The molecule has 2 atom stereocenters. The van der Waals surface area contributed by atoms with E-state index in [4.69, 9.17) is 5.11 Å². The van der Waals surface area contributed by atoms with Crippen molar-refractivity contribution in [2.75, 3.05) is 0 Å². The Labute approximate surface area is 116 Å². The van der Waals surface area contributed by atoms with E-state index in [1.807, 2.05) is 12.2 Å². The molecule has 0 fully saturated rings. The molecule has 0 aliphatic carbocycles. The molecule has 0 heterocycles. The number of aliphatic hydroxyl groups excluding tert-OH is 2. The summed E-state index contributed by atoms with van der Waals surface area (Å²) in [6.07, 6.45) is 10.6. The quantitative estimate of drug-likeness (QED) is 0.399. The van der Waals surface area contributed by atoms with Gasteiger partial charge in [-0.2, -0.15) is 0 Å². The number of hydrogen-bond acceptors (Lipinski definition) is 2. The van der Waals surface area contributed by atoms with Crippen LogP contribution in [-0.2, 0) is 0 Å². The molecule has 0 aromatic carbocycles. The smallest absolute Gasteiger partial charge is 0.134 e. The largest absolute Gasteiger partial charge is 0.377 e. The highest BCUT2D eigenvalue weighted by Gasteiger charge is 1.90. The number of hydrogen-bond donors (Lipinski definition) is 2. The molecular formula is C17H22O2. The Morgan fingerprint density at radius 3 is 2.16 bits per heavy atom. The van der Waals surface area contributed by atoms with Gasteiger partial charge in [0.25, 0.3) is 0 Å². The van der Waals surface area contributed by atoms with Crippen molar-refractivity contribution in [3.63, 3.8) is 0 Å². The molecular weight excluding hydrogens is 236 g/mol. The van der Waals surface area contributed by atoms with Crippen LogP contribution in [0.1, 0.15) is 32.1 Å². The highest BCUT2D eigenvalue weighted by atomic mass is 16.3. The lowest BCUT2D eigenvalue weighted by atomic mass is 10.1. The predicted molar refractivity (Wildman–Crippen MR) is 80.2 cm³/mol. The fourth-order valence-electron chi connectivity index (χ4n) is 1.28. The molecule has 0 amide bonds. The first-order valence-corrected chi connectivity index (χ1v) is 6.48. The van der Waals surface area contributed by atoms with Gasteiger partial charge in [-0.25, -0.2) is 0 Å². The second-order valence-corrected chi connectivity index (χ2v) is 4.02. The van der Waals surface area contributed by atoms with Crippen molar-refractivity contribution >= 4 is 0 Å². The van der Waals surface area contributed by atoms with E-state index in [9.17, 15) is 5.11 Å². The lowest BCUT2D eigenvalue weighted by Gasteiger charge is -1.96. The highest BCUT2D eigenvalue weighted by molar-refractivity contribution is 5.31. The minimum Gasteiger partial charge on any atom is -0.377 e. The molecule has 2 N–H and O–H groups in total. The Hall–Kier alpha value is -1.74. The van der Waals surface area contributed by atoms with Gasteiger partial charge >= 0.3 is 0 Å². The summed E-state index contributed by atoms with van der Waals surface area (Å²) in [6.45, 7) is 7.06. The first-order chi connectivity index (χ1) is 9.20. The standard InChI is InChI=1S/C17H22O2/c1-3-5-6-7-8-9-10-14-17(19)15-12-11-13-16(18)4-2/h3-4,10,14,16-19H,1-2,5-9H2/b14-10+/t16-,17+/m1/s1. The number of rotatable bonds is 8. The molecule has 2 heteroatoms. The molecule has 0 unspecified atom stereocenters. The molecule has 19 heavy (non-hydrogen) atoms. The second-order valence-electron chi connectivity index (χ2n) is 4.02. The van der Waals surface area contributed by atoms with E-state index in [0.29, 0.717) is 0 Å². The van der Waals surface area contributed by atoms with Crippen molar-refractivity contribution in [1.29, 1.82) is 0 Å². The van der Waals surface area contributed by atoms with Gasteiger partial charge < -0.3 is 10.2 Å². The number of aliphatic hydroxyl groups is 2. The van der Waals surface area contributed by atoms with Crippen LogP contribution < -0.4 is 0 Å². The maximum absolute atomic E-state index is 9.49. The van der Waals surface area contributed by atoms with Gasteiger partial charge in [0.1, 0.15) is 12.2 Å². The van der Waals surface area contributed by atoms with Gasteiger partial charge in [-0.1, -0.05) is 43.1 Å². The van der Waals surface area contributed by atoms with E-state index in [-0.39, 0.29) is 0 Å². The Morgan fingerprint density at radius 2 is 1.53 bits per heavy atom. The van der Waals surface area contributed by atoms with Gasteiger partial charge in [0.2, 0.25) is 0 Å². The van der Waals surface area contributed by atoms with Crippen LogP contribution in [-0.4, -0.2) is 22.4 Å². The molecule has 0 aromatic rings. The third-order valence-electron chi connectivity index (χ3n) is 2.32. The van der Waals surface area contributed by atoms with E-state index < -0.39 is 12.2 Å². The molecule has 0 aliphatic rings. The van der Waals surface area contributed by atoms with Crippen molar-refractivity contribution < 1.29 is 10.2 Å². The van der Waals surface area contributed by atoms with E-state index in [0.717, 1.165) is 19.3 Å². The van der Waals surface area contributed by atoms with Crippen LogP contribution in [0.15, 0.2) is 37.5 Å². The molecule has 102 valence electrons. The molecule has 0 aromatic heterocycles. The van der Waals surface area contributed by atoms with Crippen LogP contribution in [0.2, 0.25) is 0 Å². The summed E-state index contributed by atoms with van der Waals surface area (Å²) in [5.74, 6) is 9.96. The van der Waals surface area contributed by atoms with Gasteiger partial charge in [-0.15, -0.1) is 6.58 Å². The van der Waals surface area contributed by atoms with Crippen molar-refractivity contribution in [1.82, 2.24) is 0 Å². The molecule has 0 saturated carbocycles. The van der Waals surface area contributed by atoms with Crippen molar-refractivity contribution in [3.05, 3.63) is 37.5 Å². The molecule has 0 saturated heterocycles. The Morgan fingerprint density at radius 1 is 0.895 bits per heavy atom. The van der Waals surface area contributed by atoms with Gasteiger partial charge in [-0.3, -0.25) is 0 Å². The first kappa shape index (κ1) is 17.3. The van der Waals surface area contributed by atoms with Crippen molar-refractivity contribution in [2.45, 2.75) is 44.3 Å². The van der Waals surface area contributed by atoms with Gasteiger partial charge in [0, 0.05) is 0 Å². The van der Waals surface area contributed by atoms with Crippen LogP contribution >= 0.6 is 0 Å². The summed E-state index contributed by atoms with van der Waals surface area (Å²) in [6, 6.07) is 0. The summed E-state index contributed by atoms with van der Waals surface area (Å²) in [5.41, 5.74) is 0. The van der Waals surface area contributed by atoms with E-state index >= 15 is 0 Å². The summed E-state index contributed by atoms with van der Waals surface area (Å²) in [4.78, 5) is 0. The summed E-state index contributed by atoms with van der Waals surface area (Å²) >= 11 is 0. The monoisotopic (exact) mass is 258 g/mol. The summed E-state index contributed by atoms with van der Waals surface area (Å²) in [7, 11) is 0. The maximum Gasteiger partial charge on any atom is 0.134 e. The Balaban J connectivity index is 3.80. The van der Waals surface area contributed by atoms with E-state index in [1.165, 1.54) is 18.9 Å². The molecule has 2 nitrogen and oxygen atoms in total. The normalized spacial score (nSPS) is 12.7. The number of unbranched alkanes of at least 4 members (excludes halogenated alkanes) is 4. The third-order valence-corrected chi connectivity index (χ3v) is 2.32. The summed E-state index contributed by atoms with van der Waals surface area (Å²) in [5, 5.41) is 18.5. The minimum absolute atomic E-state index is 0.802. The molecule has 0 radical (unpaired) electrons. The van der Waals surface area contributed by atoms with E-state index in [2.05, 4.69) is 36.8 Å². The average molecular weight is 258 g/mol. The maximum atomic E-state index is 9.49. The molecule has 0 rings (SSSR count). The van der Waals surface area contributed by atoms with Crippen molar-refractivity contribution in [3.8, 4) is 23.7 Å². The van der Waals surface area contributed by atoms with Crippen LogP contribution in [0.3, 0.4) is 0 Å². The number of allylic oxidation sites excluding steroid dienone is 2. The first-order valence-electron chi connectivity index (χ1n) is 6.48. The molecule has 0 aliphatic heterocycles. The van der Waals surface area contributed by atoms with Crippen LogP contribution in [0.5, 0.6) is 0 Å². The fourth-order valence-corrected chi connectivity index (χ4v) is 1.28. The van der Waals surface area contributed by atoms with Gasteiger partial charge in [0.05, 0.1) is 0 Å². The van der Waals surface area contributed by atoms with E-state index in [1.54, 1.807) is 6.08 Å². The van der Waals surface area contributed by atoms with Crippen LogP contribution in [0, 0.1) is 23.7 Å². The average Bonchev–Trinajstić information content (AvgIpc) is 2.42. The zero-order valence-corrected chi connectivity index (χ0v) is 11.3. The second kappa shape index (κ2) is 12.7. The zero-order valence-electron chi connectivity index (χ0n) is 11.3. The summed E-state index contributed by atoms with van der Waals surface area (Å²) < 4.78 is 0. The fraction of sp³-hybridized carbons (Fsp3) is 0.412. The zero-order chi connectivity index (χ0) is 14.3. The van der Waals surface area contributed by atoms with Crippen molar-refractivity contribution in [2.24, 2.45) is 0 Å². The topological polar surface area (TPSA) is 40.5 Å². The van der Waals surface area contributed by atoms with Gasteiger partial charge in [0.15, 0.2) is 0 Å². The lowest BCUT2D eigenvalue weighted by Crippen LogP contribution is -1.97. The predicted octanol–water partition coefficient (Wildman–Crippen LogP) is 2.59. The minimum atomic E-state index is -0.863.